The molecule has 0 saturated carbocycles. The number of carbonyl (C=O) groups is 1. The van der Waals surface area contributed by atoms with Crippen LogP contribution in [0.25, 0.3) is 0 Å². The van der Waals surface area contributed by atoms with Gasteiger partial charge in [0.15, 0.2) is 0 Å². The van der Waals surface area contributed by atoms with E-state index in [1.807, 2.05) is 6.92 Å². The average Bonchev–Trinajstić information content (AvgIpc) is 2.42. The molecule has 0 aromatic heterocycles. The molecule has 0 aliphatic carbocycles. The Hall–Kier alpha value is -1.35. The Balaban J connectivity index is 1.75. The number of nitrogens with two attached hydrogens (primary N) is 1. The Kier molecular flexibility index (Phi) is 4.97. The molecule has 1 aromatic carbocycles. The van der Waals surface area contributed by atoms with Crippen LogP contribution in [0.4, 0.5) is 0 Å². The maximum Gasteiger partial charge on any atom is 0.220 e. The van der Waals surface area contributed by atoms with Gasteiger partial charge in [-0.15, -0.1) is 0 Å². The summed E-state index contributed by atoms with van der Waals surface area (Å²) in [5.41, 5.74) is 6.71. The standard InChI is InChI=1S/C16H24N2O/c1-13(16(17)19)11-14-7-9-18(10-8-14)12-15-5-3-2-4-6-15/h2-6,13-14H,7-12H2,1H3,(H2,17,19). The zero-order chi connectivity index (χ0) is 13.7. The summed E-state index contributed by atoms with van der Waals surface area (Å²) >= 11 is 0. The summed E-state index contributed by atoms with van der Waals surface area (Å²) in [6.45, 7) is 5.24. The van der Waals surface area contributed by atoms with Crippen molar-refractivity contribution in [2.24, 2.45) is 17.6 Å². The van der Waals surface area contributed by atoms with Crippen LogP contribution < -0.4 is 5.73 Å². The van der Waals surface area contributed by atoms with Gasteiger partial charge in [-0.25, -0.2) is 0 Å². The number of nitrogens with zero attached hydrogens (tertiary/aromatic N) is 1. The number of hydrogen-bond acceptors (Lipinski definition) is 2. The number of carbonyl (C=O) groups excluding carboxylic acids is 1. The van der Waals surface area contributed by atoms with E-state index in [1.54, 1.807) is 0 Å². The quantitative estimate of drug-likeness (QED) is 0.883. The number of rotatable bonds is 5. The summed E-state index contributed by atoms with van der Waals surface area (Å²) in [7, 11) is 0. The number of amides is 1. The molecule has 3 nitrogen and oxygen atoms in total. The zero-order valence-electron chi connectivity index (χ0n) is 11.7. The highest BCUT2D eigenvalue weighted by molar-refractivity contribution is 5.76. The smallest absolute Gasteiger partial charge is 0.220 e. The van der Waals surface area contributed by atoms with Crippen LogP contribution in [0.15, 0.2) is 30.3 Å². The molecule has 3 heteroatoms. The van der Waals surface area contributed by atoms with Gasteiger partial charge in [0.25, 0.3) is 0 Å². The van der Waals surface area contributed by atoms with Gasteiger partial charge < -0.3 is 5.73 Å². The van der Waals surface area contributed by atoms with E-state index in [1.165, 1.54) is 18.4 Å². The normalized spacial score (nSPS) is 19.2. The maximum absolute atomic E-state index is 11.1. The van der Waals surface area contributed by atoms with Gasteiger partial charge in [-0.2, -0.15) is 0 Å². The second-order valence-corrected chi connectivity index (χ2v) is 5.74. The molecule has 1 amide bonds. The van der Waals surface area contributed by atoms with Gasteiger partial charge in [-0.3, -0.25) is 9.69 Å². The van der Waals surface area contributed by atoms with E-state index in [4.69, 9.17) is 5.73 Å². The van der Waals surface area contributed by atoms with Crippen molar-refractivity contribution in [3.63, 3.8) is 0 Å². The predicted molar refractivity (Wildman–Crippen MR) is 77.4 cm³/mol. The van der Waals surface area contributed by atoms with Crippen molar-refractivity contribution in [2.45, 2.75) is 32.7 Å². The van der Waals surface area contributed by atoms with Gasteiger partial charge in [0.2, 0.25) is 5.91 Å². The first-order valence-electron chi connectivity index (χ1n) is 7.20. The maximum atomic E-state index is 11.1. The third kappa shape index (κ3) is 4.35. The summed E-state index contributed by atoms with van der Waals surface area (Å²) in [4.78, 5) is 13.6. The summed E-state index contributed by atoms with van der Waals surface area (Å²) < 4.78 is 0. The molecular formula is C16H24N2O. The number of hydrogen-bond donors (Lipinski definition) is 1. The lowest BCUT2D eigenvalue weighted by molar-refractivity contribution is -0.121. The molecule has 1 aliphatic rings. The summed E-state index contributed by atoms with van der Waals surface area (Å²) in [6, 6.07) is 10.6. The fourth-order valence-corrected chi connectivity index (χ4v) is 2.84. The van der Waals surface area contributed by atoms with Crippen LogP contribution in [0.3, 0.4) is 0 Å². The first-order valence-corrected chi connectivity index (χ1v) is 7.20. The topological polar surface area (TPSA) is 46.3 Å². The molecule has 104 valence electrons. The van der Waals surface area contributed by atoms with Crippen molar-refractivity contribution < 1.29 is 4.79 Å². The molecule has 19 heavy (non-hydrogen) atoms. The zero-order valence-corrected chi connectivity index (χ0v) is 11.7. The van der Waals surface area contributed by atoms with Gasteiger partial charge >= 0.3 is 0 Å². The van der Waals surface area contributed by atoms with Gasteiger partial charge in [-0.1, -0.05) is 37.3 Å². The lowest BCUT2D eigenvalue weighted by Gasteiger charge is -2.32. The highest BCUT2D eigenvalue weighted by atomic mass is 16.1. The number of likely N-dealkylation sites (tertiary alicyclic amines) is 1. The van der Waals surface area contributed by atoms with E-state index in [2.05, 4.69) is 35.2 Å². The molecular weight excluding hydrogens is 236 g/mol. The van der Waals surface area contributed by atoms with Crippen molar-refractivity contribution in [2.75, 3.05) is 13.1 Å². The first-order chi connectivity index (χ1) is 9.15. The van der Waals surface area contributed by atoms with Crippen molar-refractivity contribution in [3.8, 4) is 0 Å². The fraction of sp³-hybridized carbons (Fsp3) is 0.562. The third-order valence-corrected chi connectivity index (χ3v) is 4.13. The van der Waals surface area contributed by atoms with E-state index >= 15 is 0 Å². The van der Waals surface area contributed by atoms with E-state index in [0.717, 1.165) is 26.1 Å². The Morgan fingerprint density at radius 1 is 1.32 bits per heavy atom. The molecule has 2 rings (SSSR count). The number of primary amides is 1. The SMILES string of the molecule is CC(CC1CCN(Cc2ccccc2)CC1)C(N)=O. The van der Waals surface area contributed by atoms with E-state index in [0.29, 0.717) is 5.92 Å². The van der Waals surface area contributed by atoms with Crippen molar-refractivity contribution in [3.05, 3.63) is 35.9 Å². The van der Waals surface area contributed by atoms with Gasteiger partial charge in [-0.05, 0) is 43.8 Å². The molecule has 0 spiro atoms. The van der Waals surface area contributed by atoms with Crippen LogP contribution in [-0.2, 0) is 11.3 Å². The van der Waals surface area contributed by atoms with Crippen LogP contribution in [0, 0.1) is 11.8 Å². The molecule has 2 N–H and O–H groups in total. The highest BCUT2D eigenvalue weighted by Crippen LogP contribution is 2.24. The molecule has 1 fully saturated rings. The first kappa shape index (κ1) is 14.1. The molecule has 1 atom stereocenters. The fourth-order valence-electron chi connectivity index (χ4n) is 2.84. The van der Waals surface area contributed by atoms with Crippen molar-refractivity contribution >= 4 is 5.91 Å². The second kappa shape index (κ2) is 6.71. The minimum atomic E-state index is -0.160. The van der Waals surface area contributed by atoms with Crippen molar-refractivity contribution in [1.29, 1.82) is 0 Å². The Bertz CT molecular complexity index is 396. The van der Waals surface area contributed by atoms with Crippen molar-refractivity contribution in [1.82, 2.24) is 4.90 Å². The van der Waals surface area contributed by atoms with Crippen LogP contribution in [-0.4, -0.2) is 23.9 Å². The molecule has 1 saturated heterocycles. The van der Waals surface area contributed by atoms with Crippen LogP contribution >= 0.6 is 0 Å². The van der Waals surface area contributed by atoms with Crippen LogP contribution in [0.5, 0.6) is 0 Å². The molecule has 1 aliphatic heterocycles. The molecule has 1 unspecified atom stereocenters. The largest absolute Gasteiger partial charge is 0.369 e. The second-order valence-electron chi connectivity index (χ2n) is 5.74. The minimum Gasteiger partial charge on any atom is -0.369 e. The monoisotopic (exact) mass is 260 g/mol. The minimum absolute atomic E-state index is 0.0191. The summed E-state index contributed by atoms with van der Waals surface area (Å²) in [5, 5.41) is 0. The molecule has 1 aromatic rings. The summed E-state index contributed by atoms with van der Waals surface area (Å²) in [5.74, 6) is 0.520. The Labute approximate surface area is 115 Å². The molecule has 0 radical (unpaired) electrons. The predicted octanol–water partition coefficient (Wildman–Crippen LogP) is 2.41. The highest BCUT2D eigenvalue weighted by Gasteiger charge is 2.22. The van der Waals surface area contributed by atoms with Gasteiger partial charge in [0, 0.05) is 12.5 Å². The number of piperidine rings is 1. The number of benzene rings is 1. The third-order valence-electron chi connectivity index (χ3n) is 4.13. The molecule has 1 heterocycles. The lowest BCUT2D eigenvalue weighted by Crippen LogP contribution is -2.34. The van der Waals surface area contributed by atoms with Gasteiger partial charge in [0.1, 0.15) is 0 Å². The molecule has 0 bridgehead atoms. The summed E-state index contributed by atoms with van der Waals surface area (Å²) in [6.07, 6.45) is 3.32. The van der Waals surface area contributed by atoms with E-state index in [9.17, 15) is 4.79 Å². The van der Waals surface area contributed by atoms with Crippen LogP contribution in [0.1, 0.15) is 31.7 Å². The van der Waals surface area contributed by atoms with E-state index < -0.39 is 0 Å². The van der Waals surface area contributed by atoms with Gasteiger partial charge in [0.05, 0.1) is 0 Å². The van der Waals surface area contributed by atoms with E-state index in [-0.39, 0.29) is 11.8 Å². The van der Waals surface area contributed by atoms with Crippen LogP contribution in [0.2, 0.25) is 0 Å². The Morgan fingerprint density at radius 3 is 2.53 bits per heavy atom. The average molecular weight is 260 g/mol. The Morgan fingerprint density at radius 2 is 1.95 bits per heavy atom. The lowest BCUT2D eigenvalue weighted by atomic mass is 9.87.